The quantitative estimate of drug-likeness (QED) is 0.819. The van der Waals surface area contributed by atoms with Gasteiger partial charge in [0.15, 0.2) is 0 Å². The highest BCUT2D eigenvalue weighted by Crippen LogP contribution is 2.31. The lowest BCUT2D eigenvalue weighted by Crippen LogP contribution is -2.32. The van der Waals surface area contributed by atoms with E-state index in [2.05, 4.69) is 43.0 Å². The van der Waals surface area contributed by atoms with Gasteiger partial charge in [0.05, 0.1) is 5.69 Å². The van der Waals surface area contributed by atoms with Crippen molar-refractivity contribution in [1.82, 2.24) is 15.3 Å². The van der Waals surface area contributed by atoms with E-state index < -0.39 is 0 Å². The Labute approximate surface area is 136 Å². The summed E-state index contributed by atoms with van der Waals surface area (Å²) in [6.45, 7) is 9.67. The van der Waals surface area contributed by atoms with E-state index in [0.29, 0.717) is 0 Å². The Kier molecular flexibility index (Phi) is 5.67. The van der Waals surface area contributed by atoms with Gasteiger partial charge in [0, 0.05) is 42.0 Å². The first-order chi connectivity index (χ1) is 10.4. The third-order valence-corrected chi connectivity index (χ3v) is 5.20. The third-order valence-electron chi connectivity index (χ3n) is 3.81. The van der Waals surface area contributed by atoms with Crippen LogP contribution in [0.1, 0.15) is 43.8 Å². The zero-order chi connectivity index (χ0) is 16.2. The molecule has 0 aromatic carbocycles. The average Bonchev–Trinajstić information content (AvgIpc) is 2.88. The summed E-state index contributed by atoms with van der Waals surface area (Å²) in [5, 5.41) is 13.7. The molecule has 1 unspecified atom stereocenters. The van der Waals surface area contributed by atoms with Gasteiger partial charge in [-0.25, -0.2) is 4.98 Å². The molecule has 0 amide bonds. The molecule has 120 valence electrons. The van der Waals surface area contributed by atoms with Gasteiger partial charge in [-0.3, -0.25) is 4.98 Å². The van der Waals surface area contributed by atoms with Gasteiger partial charge in [0.1, 0.15) is 5.01 Å². The highest BCUT2D eigenvalue weighted by atomic mass is 32.1. The summed E-state index contributed by atoms with van der Waals surface area (Å²) in [6.07, 6.45) is 4.43. The van der Waals surface area contributed by atoms with E-state index in [4.69, 9.17) is 5.11 Å². The van der Waals surface area contributed by atoms with Crippen LogP contribution >= 0.6 is 11.3 Å². The number of nitrogens with one attached hydrogen (secondary N) is 1. The lowest BCUT2D eigenvalue weighted by Gasteiger charge is -2.26. The van der Waals surface area contributed by atoms with Crippen molar-refractivity contribution >= 4 is 11.3 Å². The molecular weight excluding hydrogens is 294 g/mol. The Morgan fingerprint density at radius 2 is 2.18 bits per heavy atom. The molecule has 1 atom stereocenters. The monoisotopic (exact) mass is 319 g/mol. The summed E-state index contributed by atoms with van der Waals surface area (Å²) >= 11 is 1.72. The van der Waals surface area contributed by atoms with Crippen molar-refractivity contribution in [3.05, 3.63) is 35.1 Å². The molecule has 2 aromatic heterocycles. The molecule has 0 aliphatic carbocycles. The number of pyridine rings is 1. The van der Waals surface area contributed by atoms with Crippen molar-refractivity contribution in [3.8, 4) is 10.6 Å². The van der Waals surface area contributed by atoms with Gasteiger partial charge >= 0.3 is 0 Å². The van der Waals surface area contributed by atoms with Crippen molar-refractivity contribution in [2.24, 2.45) is 5.41 Å². The van der Waals surface area contributed by atoms with Crippen LogP contribution in [-0.4, -0.2) is 28.2 Å². The number of aliphatic hydroxyl groups is 1. The van der Waals surface area contributed by atoms with Crippen molar-refractivity contribution in [3.63, 3.8) is 0 Å². The molecule has 2 heterocycles. The zero-order valence-corrected chi connectivity index (χ0v) is 14.6. The molecule has 2 N–H and O–H groups in total. The summed E-state index contributed by atoms with van der Waals surface area (Å²) in [4.78, 5) is 10.1. The highest BCUT2D eigenvalue weighted by molar-refractivity contribution is 7.15. The minimum absolute atomic E-state index is 0.0911. The van der Waals surface area contributed by atoms with Crippen LogP contribution in [0.2, 0.25) is 0 Å². The van der Waals surface area contributed by atoms with Crippen LogP contribution in [0.25, 0.3) is 10.6 Å². The molecular formula is C17H25N3OS. The molecule has 22 heavy (non-hydrogen) atoms. The Balaban J connectivity index is 2.08. The van der Waals surface area contributed by atoms with Crippen LogP contribution < -0.4 is 5.32 Å². The molecule has 0 saturated carbocycles. The van der Waals surface area contributed by atoms with E-state index >= 15 is 0 Å². The Morgan fingerprint density at radius 1 is 1.41 bits per heavy atom. The standard InChI is InChI=1S/C17H25N3OS/c1-12(19-11-17(3,4)7-9-21)15-13(2)20-16(22-15)14-6-5-8-18-10-14/h5-6,8,10,12,19,21H,7,9,11H2,1-4H3. The van der Waals surface area contributed by atoms with Crippen LogP contribution in [-0.2, 0) is 0 Å². The molecule has 0 bridgehead atoms. The van der Waals surface area contributed by atoms with Gasteiger partial charge in [-0.15, -0.1) is 11.3 Å². The topological polar surface area (TPSA) is 58.0 Å². The number of hydrogen-bond acceptors (Lipinski definition) is 5. The molecule has 0 aliphatic rings. The van der Waals surface area contributed by atoms with E-state index in [-0.39, 0.29) is 18.1 Å². The number of hydrogen-bond donors (Lipinski definition) is 2. The van der Waals surface area contributed by atoms with E-state index in [1.165, 1.54) is 4.88 Å². The molecule has 0 radical (unpaired) electrons. The van der Waals surface area contributed by atoms with Crippen LogP contribution in [0.3, 0.4) is 0 Å². The van der Waals surface area contributed by atoms with Gasteiger partial charge in [0.25, 0.3) is 0 Å². The fourth-order valence-corrected chi connectivity index (χ4v) is 3.42. The fraction of sp³-hybridized carbons (Fsp3) is 0.529. The van der Waals surface area contributed by atoms with Gasteiger partial charge in [-0.1, -0.05) is 13.8 Å². The molecule has 2 aromatic rings. The molecule has 0 fully saturated rings. The molecule has 4 nitrogen and oxygen atoms in total. The van der Waals surface area contributed by atoms with Crippen LogP contribution in [0.5, 0.6) is 0 Å². The summed E-state index contributed by atoms with van der Waals surface area (Å²) in [7, 11) is 0. The maximum Gasteiger partial charge on any atom is 0.125 e. The van der Waals surface area contributed by atoms with Gasteiger partial charge < -0.3 is 10.4 Å². The fourth-order valence-electron chi connectivity index (χ4n) is 2.34. The van der Waals surface area contributed by atoms with Crippen molar-refractivity contribution < 1.29 is 5.11 Å². The predicted octanol–water partition coefficient (Wildman–Crippen LogP) is 3.57. The summed E-state index contributed by atoms with van der Waals surface area (Å²) in [5.74, 6) is 0. The number of aromatic nitrogens is 2. The largest absolute Gasteiger partial charge is 0.396 e. The highest BCUT2D eigenvalue weighted by Gasteiger charge is 2.20. The molecule has 0 saturated heterocycles. The second-order valence-corrected chi connectivity index (χ2v) is 7.48. The summed E-state index contributed by atoms with van der Waals surface area (Å²) in [5.41, 5.74) is 2.23. The van der Waals surface area contributed by atoms with E-state index in [9.17, 15) is 0 Å². The number of aryl methyl sites for hydroxylation is 1. The Morgan fingerprint density at radius 3 is 2.82 bits per heavy atom. The summed E-state index contributed by atoms with van der Waals surface area (Å²) in [6, 6.07) is 4.23. The number of aliphatic hydroxyl groups excluding tert-OH is 1. The molecule has 0 spiro atoms. The second kappa shape index (κ2) is 7.31. The second-order valence-electron chi connectivity index (χ2n) is 6.45. The zero-order valence-electron chi connectivity index (χ0n) is 13.8. The van der Waals surface area contributed by atoms with Crippen LogP contribution in [0.4, 0.5) is 0 Å². The first kappa shape index (κ1) is 17.1. The summed E-state index contributed by atoms with van der Waals surface area (Å²) < 4.78 is 0. The van der Waals surface area contributed by atoms with Crippen molar-refractivity contribution in [2.45, 2.75) is 40.2 Å². The maximum atomic E-state index is 9.12. The van der Waals surface area contributed by atoms with Crippen LogP contribution in [0.15, 0.2) is 24.5 Å². The molecule has 5 heteroatoms. The average molecular weight is 319 g/mol. The maximum absolute atomic E-state index is 9.12. The smallest absolute Gasteiger partial charge is 0.125 e. The number of nitrogens with zero attached hydrogens (tertiary/aromatic N) is 2. The third kappa shape index (κ3) is 4.35. The molecule has 0 aliphatic heterocycles. The van der Waals surface area contributed by atoms with Crippen molar-refractivity contribution in [1.29, 1.82) is 0 Å². The van der Waals surface area contributed by atoms with E-state index in [1.54, 1.807) is 17.5 Å². The first-order valence-electron chi connectivity index (χ1n) is 7.65. The molecule has 2 rings (SSSR count). The lowest BCUT2D eigenvalue weighted by atomic mass is 9.89. The Bertz CT molecular complexity index is 595. The Hall–Kier alpha value is -1.30. The lowest BCUT2D eigenvalue weighted by molar-refractivity contribution is 0.204. The van der Waals surface area contributed by atoms with E-state index in [0.717, 1.165) is 29.2 Å². The first-order valence-corrected chi connectivity index (χ1v) is 8.46. The minimum atomic E-state index is 0.0911. The normalized spacial score (nSPS) is 13.3. The SMILES string of the molecule is Cc1nc(-c2cccnc2)sc1C(C)NCC(C)(C)CCO. The van der Waals surface area contributed by atoms with E-state index in [1.807, 2.05) is 18.3 Å². The van der Waals surface area contributed by atoms with Crippen molar-refractivity contribution in [2.75, 3.05) is 13.2 Å². The van der Waals surface area contributed by atoms with Gasteiger partial charge in [-0.2, -0.15) is 0 Å². The number of rotatable bonds is 7. The van der Waals surface area contributed by atoms with Gasteiger partial charge in [-0.05, 0) is 37.8 Å². The van der Waals surface area contributed by atoms with Gasteiger partial charge in [0.2, 0.25) is 0 Å². The number of thiazole rings is 1. The predicted molar refractivity (Wildman–Crippen MR) is 92.0 cm³/mol. The minimum Gasteiger partial charge on any atom is -0.396 e. The van der Waals surface area contributed by atoms with Crippen LogP contribution in [0, 0.1) is 12.3 Å².